The lowest BCUT2D eigenvalue weighted by Gasteiger charge is -2.08. The summed E-state index contributed by atoms with van der Waals surface area (Å²) in [6.07, 6.45) is 1.58. The van der Waals surface area contributed by atoms with E-state index >= 15 is 0 Å². The van der Waals surface area contributed by atoms with Crippen molar-refractivity contribution in [1.82, 2.24) is 5.32 Å². The summed E-state index contributed by atoms with van der Waals surface area (Å²) in [5.41, 5.74) is 7.76. The Morgan fingerprint density at radius 2 is 2.18 bits per heavy atom. The third-order valence-electron chi connectivity index (χ3n) is 2.62. The summed E-state index contributed by atoms with van der Waals surface area (Å²) >= 11 is 0. The Balaban J connectivity index is 2.07. The SMILES string of the molecule is Cc1c(N)cccc1C(=O)NCc1ccco1. The maximum atomic E-state index is 11.9. The van der Waals surface area contributed by atoms with Crippen LogP contribution in [0.4, 0.5) is 5.69 Å². The van der Waals surface area contributed by atoms with Crippen LogP contribution in [0.1, 0.15) is 21.7 Å². The van der Waals surface area contributed by atoms with Crippen molar-refractivity contribution in [2.75, 3.05) is 5.73 Å². The molecule has 2 aromatic rings. The second kappa shape index (κ2) is 4.74. The summed E-state index contributed by atoms with van der Waals surface area (Å²) in [6, 6.07) is 8.89. The van der Waals surface area contributed by atoms with Crippen molar-refractivity contribution in [3.05, 3.63) is 53.5 Å². The van der Waals surface area contributed by atoms with E-state index in [1.807, 2.05) is 13.0 Å². The fraction of sp³-hybridized carbons (Fsp3) is 0.154. The Hall–Kier alpha value is -2.23. The molecule has 0 atom stereocenters. The van der Waals surface area contributed by atoms with Crippen molar-refractivity contribution in [2.45, 2.75) is 13.5 Å². The van der Waals surface area contributed by atoms with Gasteiger partial charge in [0.15, 0.2) is 0 Å². The van der Waals surface area contributed by atoms with Crippen molar-refractivity contribution in [3.8, 4) is 0 Å². The van der Waals surface area contributed by atoms with Crippen LogP contribution < -0.4 is 11.1 Å². The quantitative estimate of drug-likeness (QED) is 0.793. The first kappa shape index (κ1) is 11.3. The molecule has 4 nitrogen and oxygen atoms in total. The van der Waals surface area contributed by atoms with E-state index in [4.69, 9.17) is 10.2 Å². The van der Waals surface area contributed by atoms with E-state index in [1.165, 1.54) is 0 Å². The molecule has 1 aromatic heterocycles. The third kappa shape index (κ3) is 2.47. The number of hydrogen-bond donors (Lipinski definition) is 2. The van der Waals surface area contributed by atoms with Crippen LogP contribution in [0.5, 0.6) is 0 Å². The predicted octanol–water partition coefficient (Wildman–Crippen LogP) is 2.10. The Bertz CT molecular complexity index is 518. The molecule has 0 aliphatic heterocycles. The lowest BCUT2D eigenvalue weighted by molar-refractivity contribution is 0.0947. The summed E-state index contributed by atoms with van der Waals surface area (Å²) in [6.45, 7) is 2.21. The number of amides is 1. The van der Waals surface area contributed by atoms with Gasteiger partial charge in [-0.15, -0.1) is 0 Å². The van der Waals surface area contributed by atoms with Gasteiger partial charge in [0.05, 0.1) is 12.8 Å². The van der Waals surface area contributed by atoms with E-state index in [2.05, 4.69) is 5.32 Å². The highest BCUT2D eigenvalue weighted by molar-refractivity contribution is 5.96. The van der Waals surface area contributed by atoms with E-state index in [9.17, 15) is 4.79 Å². The second-order valence-electron chi connectivity index (χ2n) is 3.78. The van der Waals surface area contributed by atoms with Gasteiger partial charge in [0.25, 0.3) is 5.91 Å². The summed E-state index contributed by atoms with van der Waals surface area (Å²) in [7, 11) is 0. The number of benzene rings is 1. The number of carbonyl (C=O) groups excluding carboxylic acids is 1. The van der Waals surface area contributed by atoms with E-state index in [0.717, 1.165) is 11.3 Å². The van der Waals surface area contributed by atoms with Crippen LogP contribution >= 0.6 is 0 Å². The number of rotatable bonds is 3. The Labute approximate surface area is 99.4 Å². The Morgan fingerprint density at radius 1 is 1.35 bits per heavy atom. The lowest BCUT2D eigenvalue weighted by atomic mass is 10.1. The van der Waals surface area contributed by atoms with Gasteiger partial charge in [-0.1, -0.05) is 6.07 Å². The average Bonchev–Trinajstić information content (AvgIpc) is 2.82. The Morgan fingerprint density at radius 3 is 2.88 bits per heavy atom. The molecule has 1 aromatic carbocycles. The van der Waals surface area contributed by atoms with E-state index in [0.29, 0.717) is 17.8 Å². The molecule has 88 valence electrons. The number of nitrogens with two attached hydrogens (primary N) is 1. The molecule has 0 spiro atoms. The highest BCUT2D eigenvalue weighted by Gasteiger charge is 2.10. The van der Waals surface area contributed by atoms with Crippen molar-refractivity contribution in [3.63, 3.8) is 0 Å². The fourth-order valence-corrected chi connectivity index (χ4v) is 1.58. The van der Waals surface area contributed by atoms with Gasteiger partial charge in [-0.2, -0.15) is 0 Å². The molecule has 0 saturated carbocycles. The molecular formula is C13H14N2O2. The average molecular weight is 230 g/mol. The number of hydrogen-bond acceptors (Lipinski definition) is 3. The summed E-state index contributed by atoms with van der Waals surface area (Å²) < 4.78 is 5.13. The maximum Gasteiger partial charge on any atom is 0.252 e. The molecule has 0 fully saturated rings. The van der Waals surface area contributed by atoms with Crippen LogP contribution in [0.25, 0.3) is 0 Å². The first-order valence-electron chi connectivity index (χ1n) is 5.34. The van der Waals surface area contributed by atoms with Gasteiger partial charge in [0.1, 0.15) is 5.76 Å². The first-order valence-corrected chi connectivity index (χ1v) is 5.34. The van der Waals surface area contributed by atoms with Gasteiger partial charge in [-0.05, 0) is 36.8 Å². The van der Waals surface area contributed by atoms with Crippen LogP contribution in [0, 0.1) is 6.92 Å². The number of anilines is 1. The highest BCUT2D eigenvalue weighted by Crippen LogP contribution is 2.15. The van der Waals surface area contributed by atoms with E-state index < -0.39 is 0 Å². The molecule has 17 heavy (non-hydrogen) atoms. The molecule has 0 bridgehead atoms. The number of carbonyl (C=O) groups is 1. The zero-order valence-electron chi connectivity index (χ0n) is 9.57. The zero-order chi connectivity index (χ0) is 12.3. The van der Waals surface area contributed by atoms with Gasteiger partial charge < -0.3 is 15.5 Å². The minimum absolute atomic E-state index is 0.147. The molecule has 0 aliphatic carbocycles. The first-order chi connectivity index (χ1) is 8.18. The van der Waals surface area contributed by atoms with E-state index in [1.54, 1.807) is 30.5 Å². The second-order valence-corrected chi connectivity index (χ2v) is 3.78. The van der Waals surface area contributed by atoms with Gasteiger partial charge in [-0.25, -0.2) is 0 Å². The molecule has 0 unspecified atom stereocenters. The number of nitrogen functional groups attached to an aromatic ring is 1. The molecule has 4 heteroatoms. The highest BCUT2D eigenvalue weighted by atomic mass is 16.3. The smallest absolute Gasteiger partial charge is 0.252 e. The fourth-order valence-electron chi connectivity index (χ4n) is 1.58. The standard InChI is InChI=1S/C13H14N2O2/c1-9-11(5-2-6-12(9)14)13(16)15-8-10-4-3-7-17-10/h2-7H,8,14H2,1H3,(H,15,16). The van der Waals surface area contributed by atoms with Crippen molar-refractivity contribution >= 4 is 11.6 Å². The van der Waals surface area contributed by atoms with Crippen molar-refractivity contribution in [2.24, 2.45) is 0 Å². The lowest BCUT2D eigenvalue weighted by Crippen LogP contribution is -2.23. The minimum Gasteiger partial charge on any atom is -0.467 e. The molecule has 0 aliphatic rings. The monoisotopic (exact) mass is 230 g/mol. The van der Waals surface area contributed by atoms with Gasteiger partial charge in [-0.3, -0.25) is 4.79 Å². The van der Waals surface area contributed by atoms with Crippen molar-refractivity contribution < 1.29 is 9.21 Å². The molecule has 1 heterocycles. The van der Waals surface area contributed by atoms with Gasteiger partial charge in [0, 0.05) is 11.3 Å². The van der Waals surface area contributed by atoms with Crippen LogP contribution in [0.15, 0.2) is 41.0 Å². The van der Waals surface area contributed by atoms with Crippen molar-refractivity contribution in [1.29, 1.82) is 0 Å². The number of furan rings is 1. The maximum absolute atomic E-state index is 11.9. The Kier molecular flexibility index (Phi) is 3.14. The van der Waals surface area contributed by atoms with Crippen LogP contribution in [-0.2, 0) is 6.54 Å². The largest absolute Gasteiger partial charge is 0.467 e. The van der Waals surface area contributed by atoms with Gasteiger partial charge >= 0.3 is 0 Å². The van der Waals surface area contributed by atoms with Crippen LogP contribution in [-0.4, -0.2) is 5.91 Å². The normalized spacial score (nSPS) is 10.2. The summed E-state index contributed by atoms with van der Waals surface area (Å²) in [4.78, 5) is 11.9. The summed E-state index contributed by atoms with van der Waals surface area (Å²) in [5, 5.41) is 2.78. The molecule has 0 saturated heterocycles. The third-order valence-corrected chi connectivity index (χ3v) is 2.62. The molecular weight excluding hydrogens is 216 g/mol. The molecule has 0 radical (unpaired) electrons. The van der Waals surface area contributed by atoms with E-state index in [-0.39, 0.29) is 5.91 Å². The van der Waals surface area contributed by atoms with Crippen LogP contribution in [0.2, 0.25) is 0 Å². The molecule has 2 rings (SSSR count). The zero-order valence-corrected chi connectivity index (χ0v) is 9.57. The minimum atomic E-state index is -0.147. The number of nitrogens with one attached hydrogen (secondary N) is 1. The van der Waals surface area contributed by atoms with Crippen LogP contribution in [0.3, 0.4) is 0 Å². The summed E-state index contributed by atoms with van der Waals surface area (Å²) in [5.74, 6) is 0.575. The topological polar surface area (TPSA) is 68.3 Å². The van der Waals surface area contributed by atoms with Gasteiger partial charge in [0.2, 0.25) is 0 Å². The molecule has 3 N–H and O–H groups in total. The molecule has 1 amide bonds. The predicted molar refractivity (Wildman–Crippen MR) is 65.5 cm³/mol.